The van der Waals surface area contributed by atoms with Gasteiger partial charge in [0.2, 0.25) is 10.0 Å². The van der Waals surface area contributed by atoms with E-state index in [0.29, 0.717) is 31.0 Å². The van der Waals surface area contributed by atoms with E-state index < -0.39 is 10.0 Å². The van der Waals surface area contributed by atoms with Crippen LogP contribution in [0.2, 0.25) is 0 Å². The molecule has 0 aliphatic carbocycles. The second-order valence-electron chi connectivity index (χ2n) is 3.85. The molecule has 0 unspecified atom stereocenters. The summed E-state index contributed by atoms with van der Waals surface area (Å²) in [5.41, 5.74) is 5.95. The first-order valence-electron chi connectivity index (χ1n) is 5.57. The zero-order valence-corrected chi connectivity index (χ0v) is 10.3. The van der Waals surface area contributed by atoms with Gasteiger partial charge in [-0.3, -0.25) is 4.31 Å². The Bertz CT molecular complexity index is 487. The third kappa shape index (κ3) is 2.53. The van der Waals surface area contributed by atoms with E-state index in [4.69, 9.17) is 10.5 Å². The molecule has 94 valence electrons. The van der Waals surface area contributed by atoms with Gasteiger partial charge in [-0.05, 0) is 12.1 Å². The average molecular weight is 256 g/mol. The predicted molar refractivity (Wildman–Crippen MR) is 66.7 cm³/mol. The highest BCUT2D eigenvalue weighted by molar-refractivity contribution is 7.92. The number of fused-ring (bicyclic) bond motifs is 1. The van der Waals surface area contributed by atoms with Crippen LogP contribution in [0.15, 0.2) is 24.3 Å². The van der Waals surface area contributed by atoms with Gasteiger partial charge in [0.05, 0.1) is 18.0 Å². The molecule has 0 bridgehead atoms. The summed E-state index contributed by atoms with van der Waals surface area (Å²) < 4.78 is 31.1. The van der Waals surface area contributed by atoms with Crippen molar-refractivity contribution in [3.05, 3.63) is 24.3 Å². The number of hydrogen-bond acceptors (Lipinski definition) is 4. The van der Waals surface area contributed by atoms with Crippen LogP contribution in [0, 0.1) is 0 Å². The Labute approximate surface area is 101 Å². The summed E-state index contributed by atoms with van der Waals surface area (Å²) in [6, 6.07) is 7.18. The number of hydrogen-bond donors (Lipinski definition) is 1. The fourth-order valence-electron chi connectivity index (χ4n) is 1.84. The number of sulfonamides is 1. The minimum Gasteiger partial charge on any atom is -0.491 e. The van der Waals surface area contributed by atoms with Gasteiger partial charge < -0.3 is 10.5 Å². The monoisotopic (exact) mass is 256 g/mol. The summed E-state index contributed by atoms with van der Waals surface area (Å²) in [6.45, 7) is 1.10. The van der Waals surface area contributed by atoms with Crippen molar-refractivity contribution in [1.82, 2.24) is 0 Å². The second-order valence-corrected chi connectivity index (χ2v) is 5.86. The Morgan fingerprint density at radius 2 is 2.12 bits per heavy atom. The first-order chi connectivity index (χ1) is 8.15. The van der Waals surface area contributed by atoms with Crippen molar-refractivity contribution >= 4 is 15.7 Å². The standard InChI is InChI=1S/C11H16N2O3S/c12-6-9-17(14,15)13-7-3-8-16-11-5-2-1-4-10(11)13/h1-2,4-5H,3,6-9,12H2. The Hall–Kier alpha value is -1.27. The molecule has 2 N–H and O–H groups in total. The maximum atomic E-state index is 12.1. The van der Waals surface area contributed by atoms with Crippen LogP contribution in [-0.4, -0.2) is 33.9 Å². The molecule has 0 saturated heterocycles. The number of anilines is 1. The van der Waals surface area contributed by atoms with Crippen molar-refractivity contribution in [3.8, 4) is 5.75 Å². The minimum absolute atomic E-state index is 0.0403. The third-order valence-corrected chi connectivity index (χ3v) is 4.41. The van der Waals surface area contributed by atoms with Crippen LogP contribution in [0.5, 0.6) is 5.75 Å². The van der Waals surface area contributed by atoms with Gasteiger partial charge in [0.25, 0.3) is 0 Å². The molecular formula is C11H16N2O3S. The summed E-state index contributed by atoms with van der Waals surface area (Å²) in [5, 5.41) is 0. The lowest BCUT2D eigenvalue weighted by atomic mass is 10.3. The van der Waals surface area contributed by atoms with Gasteiger partial charge in [0.1, 0.15) is 5.75 Å². The fourth-order valence-corrected chi connectivity index (χ4v) is 3.22. The fraction of sp³-hybridized carbons (Fsp3) is 0.455. The van der Waals surface area contributed by atoms with E-state index in [0.717, 1.165) is 0 Å². The highest BCUT2D eigenvalue weighted by Gasteiger charge is 2.25. The normalized spacial score (nSPS) is 15.9. The smallest absolute Gasteiger partial charge is 0.236 e. The number of rotatable bonds is 3. The third-order valence-electron chi connectivity index (χ3n) is 2.61. The van der Waals surface area contributed by atoms with E-state index in [1.807, 2.05) is 6.07 Å². The Balaban J connectivity index is 2.41. The number of ether oxygens (including phenoxy) is 1. The zero-order valence-electron chi connectivity index (χ0n) is 9.50. The molecule has 1 aromatic carbocycles. The lowest BCUT2D eigenvalue weighted by molar-refractivity contribution is 0.322. The molecule has 0 atom stereocenters. The van der Waals surface area contributed by atoms with Crippen molar-refractivity contribution < 1.29 is 13.2 Å². The van der Waals surface area contributed by atoms with Gasteiger partial charge in [-0.25, -0.2) is 8.42 Å². The van der Waals surface area contributed by atoms with E-state index in [2.05, 4.69) is 0 Å². The van der Waals surface area contributed by atoms with Crippen molar-refractivity contribution in [1.29, 1.82) is 0 Å². The Morgan fingerprint density at radius 3 is 2.88 bits per heavy atom. The molecule has 17 heavy (non-hydrogen) atoms. The molecule has 0 saturated carbocycles. The molecule has 0 aromatic heterocycles. The molecule has 1 aliphatic rings. The van der Waals surface area contributed by atoms with Crippen molar-refractivity contribution in [2.45, 2.75) is 6.42 Å². The van der Waals surface area contributed by atoms with Gasteiger partial charge >= 0.3 is 0 Å². The van der Waals surface area contributed by atoms with E-state index >= 15 is 0 Å². The highest BCUT2D eigenvalue weighted by atomic mass is 32.2. The van der Waals surface area contributed by atoms with Crippen molar-refractivity contribution in [2.24, 2.45) is 5.73 Å². The first kappa shape index (κ1) is 12.2. The quantitative estimate of drug-likeness (QED) is 0.858. The molecular weight excluding hydrogens is 240 g/mol. The number of nitrogens with zero attached hydrogens (tertiary/aromatic N) is 1. The molecule has 0 radical (unpaired) electrons. The van der Waals surface area contributed by atoms with Crippen LogP contribution in [0.1, 0.15) is 6.42 Å². The maximum absolute atomic E-state index is 12.1. The van der Waals surface area contributed by atoms with E-state index in [9.17, 15) is 8.42 Å². The van der Waals surface area contributed by atoms with Gasteiger partial charge in [-0.15, -0.1) is 0 Å². The highest BCUT2D eigenvalue weighted by Crippen LogP contribution is 2.32. The Morgan fingerprint density at radius 1 is 1.35 bits per heavy atom. The lowest BCUT2D eigenvalue weighted by Gasteiger charge is -2.22. The first-order valence-corrected chi connectivity index (χ1v) is 7.18. The molecule has 0 fully saturated rings. The largest absolute Gasteiger partial charge is 0.491 e. The summed E-state index contributed by atoms with van der Waals surface area (Å²) >= 11 is 0. The van der Waals surface area contributed by atoms with Crippen LogP contribution in [-0.2, 0) is 10.0 Å². The van der Waals surface area contributed by atoms with Crippen molar-refractivity contribution in [2.75, 3.05) is 29.8 Å². The maximum Gasteiger partial charge on any atom is 0.236 e. The minimum atomic E-state index is -3.34. The molecule has 5 nitrogen and oxygen atoms in total. The number of nitrogens with two attached hydrogens (primary N) is 1. The molecule has 0 amide bonds. The van der Waals surface area contributed by atoms with Crippen LogP contribution in [0.4, 0.5) is 5.69 Å². The van der Waals surface area contributed by atoms with Crippen LogP contribution in [0.25, 0.3) is 0 Å². The van der Waals surface area contributed by atoms with Gasteiger partial charge in [-0.2, -0.15) is 0 Å². The lowest BCUT2D eigenvalue weighted by Crippen LogP contribution is -2.35. The van der Waals surface area contributed by atoms with Gasteiger partial charge in [0.15, 0.2) is 0 Å². The van der Waals surface area contributed by atoms with Gasteiger partial charge in [-0.1, -0.05) is 12.1 Å². The summed E-state index contributed by atoms with van der Waals surface area (Å²) in [4.78, 5) is 0. The average Bonchev–Trinajstić information content (AvgIpc) is 2.51. The topological polar surface area (TPSA) is 72.6 Å². The van der Waals surface area contributed by atoms with Crippen LogP contribution < -0.4 is 14.8 Å². The summed E-state index contributed by atoms with van der Waals surface area (Å²) in [5.74, 6) is 0.576. The number of para-hydroxylation sites is 2. The zero-order chi connectivity index (χ0) is 12.3. The molecule has 2 rings (SSSR count). The molecule has 1 aliphatic heterocycles. The SMILES string of the molecule is NCCS(=O)(=O)N1CCCOc2ccccc21. The van der Waals surface area contributed by atoms with Gasteiger partial charge in [0, 0.05) is 19.5 Å². The number of benzene rings is 1. The van der Waals surface area contributed by atoms with E-state index in [1.165, 1.54) is 4.31 Å². The summed E-state index contributed by atoms with van der Waals surface area (Å²) in [6.07, 6.45) is 0.679. The molecule has 1 aromatic rings. The van der Waals surface area contributed by atoms with Crippen molar-refractivity contribution in [3.63, 3.8) is 0 Å². The van der Waals surface area contributed by atoms with Crippen LogP contribution in [0.3, 0.4) is 0 Å². The van der Waals surface area contributed by atoms with Crippen LogP contribution >= 0.6 is 0 Å². The summed E-state index contributed by atoms with van der Waals surface area (Å²) in [7, 11) is -3.34. The van der Waals surface area contributed by atoms with E-state index in [-0.39, 0.29) is 12.3 Å². The second kappa shape index (κ2) is 4.93. The Kier molecular flexibility index (Phi) is 3.54. The molecule has 6 heteroatoms. The van der Waals surface area contributed by atoms with E-state index in [1.54, 1.807) is 18.2 Å². The molecule has 0 spiro atoms. The molecule has 1 heterocycles. The predicted octanol–water partition coefficient (Wildman–Crippen LogP) is 0.564.